The lowest BCUT2D eigenvalue weighted by molar-refractivity contribution is -0.138. The van der Waals surface area contributed by atoms with Crippen LogP contribution in [0.4, 0.5) is 16.6 Å². The van der Waals surface area contributed by atoms with Crippen molar-refractivity contribution in [2.75, 3.05) is 25.1 Å². The molecule has 0 spiro atoms. The van der Waals surface area contributed by atoms with Crippen molar-refractivity contribution in [3.05, 3.63) is 42.1 Å². The van der Waals surface area contributed by atoms with Crippen LogP contribution in [0.15, 0.2) is 52.3 Å². The van der Waals surface area contributed by atoms with Gasteiger partial charge in [-0.3, -0.25) is 0 Å². The number of esters is 1. The van der Waals surface area contributed by atoms with Crippen molar-refractivity contribution in [1.29, 1.82) is 0 Å². The molecule has 0 saturated carbocycles. The number of likely N-dealkylation sites (N-methyl/N-ethyl adjacent to an activating group) is 1. The number of ether oxygens (including phenoxy) is 1. The van der Waals surface area contributed by atoms with Crippen LogP contribution in [-0.4, -0.2) is 36.1 Å². The molecular weight excluding hydrogens is 314 g/mol. The molecule has 0 radical (unpaired) electrons. The number of pyridine rings is 1. The summed E-state index contributed by atoms with van der Waals surface area (Å²) >= 11 is 1.42. The van der Waals surface area contributed by atoms with Crippen LogP contribution in [0.25, 0.3) is 0 Å². The molecule has 0 aromatic carbocycles. The van der Waals surface area contributed by atoms with Crippen molar-refractivity contribution < 1.29 is 9.53 Å². The summed E-state index contributed by atoms with van der Waals surface area (Å²) in [6.45, 7) is 5.96. The van der Waals surface area contributed by atoms with Gasteiger partial charge in [-0.15, -0.1) is 21.6 Å². The van der Waals surface area contributed by atoms with Crippen LogP contribution in [0, 0.1) is 0 Å². The maximum absolute atomic E-state index is 11.3. The maximum Gasteiger partial charge on any atom is 0.333 e. The molecule has 0 N–H and O–H groups in total. The first-order valence-corrected chi connectivity index (χ1v) is 7.75. The van der Waals surface area contributed by atoms with E-state index < -0.39 is 0 Å². The fourth-order valence-electron chi connectivity index (χ4n) is 1.54. The number of azo groups is 1. The maximum atomic E-state index is 11.3. The molecule has 2 rings (SSSR count). The molecule has 0 saturated heterocycles. The summed E-state index contributed by atoms with van der Waals surface area (Å²) in [5.41, 5.74) is 1.03. The van der Waals surface area contributed by atoms with Crippen molar-refractivity contribution >= 4 is 33.9 Å². The number of thiazole rings is 1. The largest absolute Gasteiger partial charge is 0.460 e. The molecule has 2 aromatic heterocycles. The second-order valence-corrected chi connectivity index (χ2v) is 5.60. The monoisotopic (exact) mass is 331 g/mol. The van der Waals surface area contributed by atoms with E-state index in [-0.39, 0.29) is 12.6 Å². The lowest BCUT2D eigenvalue weighted by Gasteiger charge is -2.17. The number of anilines is 1. The first kappa shape index (κ1) is 16.8. The van der Waals surface area contributed by atoms with Gasteiger partial charge in [0.15, 0.2) is 0 Å². The molecule has 0 aliphatic rings. The summed E-state index contributed by atoms with van der Waals surface area (Å²) < 4.78 is 5.05. The minimum atomic E-state index is -0.385. The van der Waals surface area contributed by atoms with Gasteiger partial charge in [0, 0.05) is 24.2 Å². The van der Waals surface area contributed by atoms with Gasteiger partial charge in [0.2, 0.25) is 5.13 Å². The van der Waals surface area contributed by atoms with Gasteiger partial charge in [0.25, 0.3) is 0 Å². The standard InChI is InChI=1S/C15H17N5O2S/c1-11(2)14(21)22-8-7-20(3)13-5-4-12(10-17-13)18-19-15-16-6-9-23-15/h4-6,9-10H,1,7-8H2,2-3H3/b19-18+. The van der Waals surface area contributed by atoms with Crippen molar-refractivity contribution in [3.63, 3.8) is 0 Å². The molecule has 0 aliphatic carbocycles. The third kappa shape index (κ3) is 5.26. The Morgan fingerprint density at radius 1 is 1.39 bits per heavy atom. The molecule has 120 valence electrons. The molecule has 8 heteroatoms. The number of hydrogen-bond acceptors (Lipinski definition) is 8. The molecular formula is C15H17N5O2S. The van der Waals surface area contributed by atoms with Gasteiger partial charge < -0.3 is 9.64 Å². The number of aromatic nitrogens is 2. The molecule has 0 amide bonds. The van der Waals surface area contributed by atoms with E-state index in [1.54, 1.807) is 19.3 Å². The molecule has 2 aromatic rings. The second kappa shape index (κ2) is 8.14. The average molecular weight is 331 g/mol. The molecule has 7 nitrogen and oxygen atoms in total. The van der Waals surface area contributed by atoms with Crippen LogP contribution in [0.3, 0.4) is 0 Å². The van der Waals surface area contributed by atoms with Crippen LogP contribution in [0.2, 0.25) is 0 Å². The topological polar surface area (TPSA) is 80.0 Å². The Morgan fingerprint density at radius 3 is 2.83 bits per heavy atom. The van der Waals surface area contributed by atoms with E-state index in [1.807, 2.05) is 29.5 Å². The summed E-state index contributed by atoms with van der Waals surface area (Å²) in [7, 11) is 1.87. The van der Waals surface area contributed by atoms with Crippen LogP contribution < -0.4 is 4.90 Å². The molecule has 0 aliphatic heterocycles. The first-order chi connectivity index (χ1) is 11.1. The SMILES string of the molecule is C=C(C)C(=O)OCCN(C)c1ccc(/N=N/c2nccs2)cn1. The molecule has 23 heavy (non-hydrogen) atoms. The Morgan fingerprint density at radius 2 is 2.22 bits per heavy atom. The highest BCUT2D eigenvalue weighted by Gasteiger charge is 2.06. The molecule has 2 heterocycles. The fraction of sp³-hybridized carbons (Fsp3) is 0.267. The van der Waals surface area contributed by atoms with Gasteiger partial charge in [-0.1, -0.05) is 6.58 Å². The summed E-state index contributed by atoms with van der Waals surface area (Å²) in [5, 5.41) is 10.5. The van der Waals surface area contributed by atoms with Gasteiger partial charge in [-0.2, -0.15) is 0 Å². The highest BCUT2D eigenvalue weighted by Crippen LogP contribution is 2.20. The zero-order valence-corrected chi connectivity index (χ0v) is 13.8. The fourth-order valence-corrected chi connectivity index (χ4v) is 2.00. The normalized spacial score (nSPS) is 10.7. The average Bonchev–Trinajstić information content (AvgIpc) is 3.06. The quantitative estimate of drug-likeness (QED) is 0.440. The highest BCUT2D eigenvalue weighted by atomic mass is 32.1. The summed E-state index contributed by atoms with van der Waals surface area (Å²) in [6.07, 6.45) is 3.30. The number of carbonyl (C=O) groups excluding carboxylic acids is 1. The van der Waals surface area contributed by atoms with E-state index in [1.165, 1.54) is 11.3 Å². The zero-order valence-electron chi connectivity index (χ0n) is 13.0. The van der Waals surface area contributed by atoms with Gasteiger partial charge in [-0.25, -0.2) is 14.8 Å². The lowest BCUT2D eigenvalue weighted by Crippen LogP contribution is -2.24. The van der Waals surface area contributed by atoms with Gasteiger partial charge in [-0.05, 0) is 19.1 Å². The predicted octanol–water partition coefficient (Wildman–Crippen LogP) is 3.51. The molecule has 0 fully saturated rings. The smallest absolute Gasteiger partial charge is 0.333 e. The Kier molecular flexibility index (Phi) is 5.93. The van der Waals surface area contributed by atoms with Crippen molar-refractivity contribution in [2.24, 2.45) is 10.2 Å². The van der Waals surface area contributed by atoms with E-state index in [4.69, 9.17) is 4.74 Å². The number of carbonyl (C=O) groups is 1. The highest BCUT2D eigenvalue weighted by molar-refractivity contribution is 7.13. The Labute approximate surface area is 138 Å². The lowest BCUT2D eigenvalue weighted by atomic mass is 10.4. The third-order valence-electron chi connectivity index (χ3n) is 2.80. The van der Waals surface area contributed by atoms with Crippen molar-refractivity contribution in [3.8, 4) is 0 Å². The Hall–Kier alpha value is -2.61. The van der Waals surface area contributed by atoms with E-state index in [2.05, 4.69) is 26.8 Å². The minimum Gasteiger partial charge on any atom is -0.460 e. The predicted molar refractivity (Wildman–Crippen MR) is 89.6 cm³/mol. The van der Waals surface area contributed by atoms with E-state index in [0.29, 0.717) is 22.9 Å². The van der Waals surface area contributed by atoms with Gasteiger partial charge in [0.1, 0.15) is 18.1 Å². The second-order valence-electron chi connectivity index (χ2n) is 4.73. The number of hydrogen-bond donors (Lipinski definition) is 0. The number of nitrogens with zero attached hydrogens (tertiary/aromatic N) is 5. The van der Waals surface area contributed by atoms with Crippen LogP contribution in [-0.2, 0) is 9.53 Å². The molecule has 0 bridgehead atoms. The summed E-state index contributed by atoms with van der Waals surface area (Å²) in [6, 6.07) is 3.65. The van der Waals surface area contributed by atoms with Gasteiger partial charge in [0.05, 0.1) is 12.7 Å². The van der Waals surface area contributed by atoms with E-state index >= 15 is 0 Å². The van der Waals surface area contributed by atoms with Crippen LogP contribution >= 0.6 is 11.3 Å². The van der Waals surface area contributed by atoms with Crippen molar-refractivity contribution in [2.45, 2.75) is 6.92 Å². The van der Waals surface area contributed by atoms with Crippen molar-refractivity contribution in [1.82, 2.24) is 9.97 Å². The first-order valence-electron chi connectivity index (χ1n) is 6.87. The van der Waals surface area contributed by atoms with Gasteiger partial charge >= 0.3 is 5.97 Å². The minimum absolute atomic E-state index is 0.273. The van der Waals surface area contributed by atoms with E-state index in [9.17, 15) is 4.79 Å². The van der Waals surface area contributed by atoms with Crippen LogP contribution in [0.5, 0.6) is 0 Å². The summed E-state index contributed by atoms with van der Waals surface area (Å²) in [5.74, 6) is 0.369. The van der Waals surface area contributed by atoms with Crippen LogP contribution in [0.1, 0.15) is 6.92 Å². The van der Waals surface area contributed by atoms with E-state index in [0.717, 1.165) is 5.82 Å². The summed E-state index contributed by atoms with van der Waals surface area (Å²) in [4.78, 5) is 21.5. The molecule has 0 atom stereocenters. The molecule has 0 unspecified atom stereocenters. The zero-order chi connectivity index (χ0) is 16.7. The Bertz CT molecular complexity index is 682. The number of rotatable bonds is 7. The Balaban J connectivity index is 1.86. The third-order valence-corrected chi connectivity index (χ3v) is 3.46.